The highest BCUT2D eigenvalue weighted by atomic mass is 32.2. The fraction of sp³-hybridized carbons (Fsp3) is 0.600. The first-order chi connectivity index (χ1) is 5.49. The van der Waals surface area contributed by atoms with Gasteiger partial charge in [-0.2, -0.15) is 5.53 Å². The topological polar surface area (TPSA) is 99.6 Å². The van der Waals surface area contributed by atoms with Crippen molar-refractivity contribution in [1.82, 2.24) is 5.01 Å². The van der Waals surface area contributed by atoms with E-state index in [2.05, 4.69) is 5.22 Å². The predicted octanol–water partition coefficient (Wildman–Crippen LogP) is 0.0565. The third-order valence-electron chi connectivity index (χ3n) is 1.05. The summed E-state index contributed by atoms with van der Waals surface area (Å²) >= 11 is 0. The second-order valence-corrected chi connectivity index (χ2v) is 3.85. The molecule has 0 aliphatic carbocycles. The summed E-state index contributed by atoms with van der Waals surface area (Å²) in [7, 11) is -3.47. The highest BCUT2D eigenvalue weighted by molar-refractivity contribution is 7.89. The zero-order valence-corrected chi connectivity index (χ0v) is 7.58. The van der Waals surface area contributed by atoms with Crippen molar-refractivity contribution in [1.29, 1.82) is 5.53 Å². The van der Waals surface area contributed by atoms with Crippen LogP contribution in [0.1, 0.15) is 6.92 Å². The molecule has 0 bridgehead atoms. The Morgan fingerprint density at radius 1 is 1.67 bits per heavy atom. The van der Waals surface area contributed by atoms with E-state index in [0.29, 0.717) is 0 Å². The van der Waals surface area contributed by atoms with E-state index in [1.165, 1.54) is 11.2 Å². The Hall–Kier alpha value is -0.950. The molecule has 0 saturated carbocycles. The molecule has 0 fully saturated rings. The van der Waals surface area contributed by atoms with Gasteiger partial charge in [-0.3, -0.25) is 5.01 Å². The highest BCUT2D eigenvalue weighted by Gasteiger charge is 2.04. The molecule has 0 aromatic carbocycles. The number of rotatable bonds is 5. The molecule has 0 aliphatic rings. The van der Waals surface area contributed by atoms with Crippen LogP contribution in [0.25, 0.3) is 0 Å². The van der Waals surface area contributed by atoms with Crippen molar-refractivity contribution in [3.05, 3.63) is 12.3 Å². The molecule has 0 aromatic heterocycles. The summed E-state index contributed by atoms with van der Waals surface area (Å²) in [5.41, 5.74) is 6.64. The Kier molecular flexibility index (Phi) is 4.45. The van der Waals surface area contributed by atoms with Gasteiger partial charge < -0.3 is 0 Å². The summed E-state index contributed by atoms with van der Waals surface area (Å²) in [4.78, 5) is 0. The van der Waals surface area contributed by atoms with Crippen LogP contribution < -0.4 is 5.14 Å². The molecule has 0 spiro atoms. The van der Waals surface area contributed by atoms with E-state index >= 15 is 0 Å². The molecule has 0 atom stereocenters. The number of sulfonamides is 1. The SMILES string of the molecule is C/C=C\N(CCS(N)(=O)=O)N=N. The quantitative estimate of drug-likeness (QED) is 0.475. The lowest BCUT2D eigenvalue weighted by atomic mass is 10.6. The molecule has 0 saturated heterocycles. The standard InChI is InChI=1S/C5H12N4O2S/c1-2-3-9(8-6)4-5-12(7,10)11/h2-3,6H,4-5H2,1H3,(H2,7,10,11)/b3-2-,8-6?. The number of hydrogen-bond donors (Lipinski definition) is 2. The van der Waals surface area contributed by atoms with Crippen LogP contribution in [0.15, 0.2) is 17.5 Å². The van der Waals surface area contributed by atoms with Crippen LogP contribution in [0.4, 0.5) is 0 Å². The van der Waals surface area contributed by atoms with E-state index in [9.17, 15) is 8.42 Å². The summed E-state index contributed by atoms with van der Waals surface area (Å²) < 4.78 is 21.0. The van der Waals surface area contributed by atoms with Gasteiger partial charge in [0.1, 0.15) is 0 Å². The van der Waals surface area contributed by atoms with Crippen molar-refractivity contribution >= 4 is 10.0 Å². The first kappa shape index (κ1) is 11.1. The average molecular weight is 192 g/mol. The van der Waals surface area contributed by atoms with E-state index in [1.54, 1.807) is 13.0 Å². The molecule has 0 heterocycles. The third-order valence-corrected chi connectivity index (χ3v) is 1.81. The van der Waals surface area contributed by atoms with Crippen molar-refractivity contribution in [2.75, 3.05) is 12.3 Å². The van der Waals surface area contributed by atoms with Gasteiger partial charge in [0.25, 0.3) is 0 Å². The van der Waals surface area contributed by atoms with Crippen LogP contribution in [0.2, 0.25) is 0 Å². The molecule has 70 valence electrons. The van der Waals surface area contributed by atoms with E-state index in [1.807, 2.05) is 0 Å². The minimum atomic E-state index is -3.47. The van der Waals surface area contributed by atoms with Gasteiger partial charge in [-0.25, -0.2) is 13.6 Å². The molecule has 0 radical (unpaired) electrons. The Bertz CT molecular complexity index is 259. The summed E-state index contributed by atoms with van der Waals surface area (Å²) in [6, 6.07) is 0. The lowest BCUT2D eigenvalue weighted by Crippen LogP contribution is -2.25. The molecular formula is C5H12N4O2S. The largest absolute Gasteiger partial charge is 0.254 e. The van der Waals surface area contributed by atoms with Gasteiger partial charge in [-0.15, -0.1) is 0 Å². The molecule has 7 heteroatoms. The van der Waals surface area contributed by atoms with E-state index in [4.69, 9.17) is 10.7 Å². The molecule has 0 aliphatic heterocycles. The molecular weight excluding hydrogens is 180 g/mol. The molecule has 3 N–H and O–H groups in total. The smallest absolute Gasteiger partial charge is 0.210 e. The average Bonchev–Trinajstić information content (AvgIpc) is 1.96. The Morgan fingerprint density at radius 3 is 2.58 bits per heavy atom. The molecule has 0 aromatic rings. The van der Waals surface area contributed by atoms with Gasteiger partial charge in [0.05, 0.1) is 12.3 Å². The maximum absolute atomic E-state index is 10.5. The van der Waals surface area contributed by atoms with Crippen molar-refractivity contribution in [2.45, 2.75) is 6.92 Å². The molecule has 6 nitrogen and oxygen atoms in total. The Labute approximate surface area is 71.6 Å². The second-order valence-electron chi connectivity index (χ2n) is 2.11. The van der Waals surface area contributed by atoms with Gasteiger partial charge in [0.15, 0.2) is 0 Å². The number of nitrogens with zero attached hydrogens (tertiary/aromatic N) is 2. The number of allylic oxidation sites excluding steroid dienone is 1. The summed E-state index contributed by atoms with van der Waals surface area (Å²) in [6.45, 7) is 1.85. The molecule has 12 heavy (non-hydrogen) atoms. The second kappa shape index (κ2) is 4.83. The predicted molar refractivity (Wildman–Crippen MR) is 44.6 cm³/mol. The zero-order chi connectivity index (χ0) is 9.61. The van der Waals surface area contributed by atoms with Gasteiger partial charge in [0, 0.05) is 6.20 Å². The molecule has 0 rings (SSSR count). The first-order valence-corrected chi connectivity index (χ1v) is 4.98. The summed E-state index contributed by atoms with van der Waals surface area (Å²) in [5.74, 6) is -0.209. The first-order valence-electron chi connectivity index (χ1n) is 3.27. The van der Waals surface area contributed by atoms with Crippen LogP contribution in [0.5, 0.6) is 0 Å². The maximum atomic E-state index is 10.5. The lowest BCUT2D eigenvalue weighted by Gasteiger charge is -2.09. The Balaban J connectivity index is 3.98. The fourth-order valence-corrected chi connectivity index (χ4v) is 0.992. The number of hydrogen-bond acceptors (Lipinski definition) is 4. The van der Waals surface area contributed by atoms with Crippen molar-refractivity contribution in [3.8, 4) is 0 Å². The number of nitrogens with two attached hydrogens (primary N) is 1. The monoisotopic (exact) mass is 192 g/mol. The lowest BCUT2D eigenvalue weighted by molar-refractivity contribution is 0.381. The summed E-state index contributed by atoms with van der Waals surface area (Å²) in [5, 5.41) is 9.00. The maximum Gasteiger partial charge on any atom is 0.210 e. The van der Waals surface area contributed by atoms with E-state index in [-0.39, 0.29) is 12.3 Å². The molecule has 0 amide bonds. The van der Waals surface area contributed by atoms with Crippen LogP contribution in [-0.4, -0.2) is 25.7 Å². The molecule has 0 unspecified atom stereocenters. The number of nitrogens with one attached hydrogen (secondary N) is 1. The zero-order valence-electron chi connectivity index (χ0n) is 6.77. The number of primary sulfonamides is 1. The van der Waals surface area contributed by atoms with E-state index in [0.717, 1.165) is 0 Å². The van der Waals surface area contributed by atoms with Crippen LogP contribution in [0, 0.1) is 5.53 Å². The normalized spacial score (nSPS) is 11.8. The van der Waals surface area contributed by atoms with Gasteiger partial charge in [-0.1, -0.05) is 11.3 Å². The van der Waals surface area contributed by atoms with Crippen molar-refractivity contribution in [3.63, 3.8) is 0 Å². The van der Waals surface area contributed by atoms with Gasteiger partial charge in [0.2, 0.25) is 10.0 Å². The van der Waals surface area contributed by atoms with Gasteiger partial charge in [-0.05, 0) is 6.92 Å². The van der Waals surface area contributed by atoms with Gasteiger partial charge >= 0.3 is 0 Å². The van der Waals surface area contributed by atoms with E-state index < -0.39 is 10.0 Å². The Morgan fingerprint density at radius 2 is 2.25 bits per heavy atom. The third kappa shape index (κ3) is 5.81. The summed E-state index contributed by atoms with van der Waals surface area (Å²) in [6.07, 6.45) is 3.15. The van der Waals surface area contributed by atoms with Crippen LogP contribution in [0.3, 0.4) is 0 Å². The minimum absolute atomic E-state index is 0.104. The van der Waals surface area contributed by atoms with Crippen molar-refractivity contribution in [2.24, 2.45) is 10.4 Å². The fourth-order valence-electron chi connectivity index (χ4n) is 0.551. The minimum Gasteiger partial charge on any atom is -0.254 e. The van der Waals surface area contributed by atoms with Crippen LogP contribution in [-0.2, 0) is 10.0 Å². The highest BCUT2D eigenvalue weighted by Crippen LogP contribution is 1.91. The van der Waals surface area contributed by atoms with Crippen LogP contribution >= 0.6 is 0 Å². The van der Waals surface area contributed by atoms with Crippen molar-refractivity contribution < 1.29 is 8.42 Å².